The smallest absolute Gasteiger partial charge is 0.288 e. The van der Waals surface area contributed by atoms with Gasteiger partial charge >= 0.3 is 0 Å². The lowest BCUT2D eigenvalue weighted by atomic mass is 10.0. The number of amides is 1. The molecule has 2 aromatic heterocycles. The molecule has 0 aliphatic heterocycles. The fourth-order valence-electron chi connectivity index (χ4n) is 2.63. The lowest BCUT2D eigenvalue weighted by Crippen LogP contribution is -2.20. The summed E-state index contributed by atoms with van der Waals surface area (Å²) in [6, 6.07) is 3.72. The maximum Gasteiger partial charge on any atom is 0.288 e. The first-order valence-electron chi connectivity index (χ1n) is 8.13. The van der Waals surface area contributed by atoms with E-state index in [-0.39, 0.29) is 11.7 Å². The molecule has 1 aliphatic rings. The van der Waals surface area contributed by atoms with E-state index in [1.165, 1.54) is 25.7 Å². The Bertz CT molecular complexity index is 633. The number of nitrogens with zero attached hydrogens (tertiary/aromatic N) is 3. The van der Waals surface area contributed by atoms with E-state index in [9.17, 15) is 4.79 Å². The minimum absolute atomic E-state index is 0.133. The number of H-pyrrole nitrogens is 1. The minimum atomic E-state index is -0.313. The van der Waals surface area contributed by atoms with Crippen LogP contribution in [0.3, 0.4) is 0 Å². The van der Waals surface area contributed by atoms with Crippen LogP contribution in [0, 0.1) is 0 Å². The highest BCUT2D eigenvalue weighted by Crippen LogP contribution is 2.33. The highest BCUT2D eigenvalue weighted by molar-refractivity contribution is 5.90. The molecule has 1 aliphatic carbocycles. The molecule has 0 bridgehead atoms. The third-order valence-electron chi connectivity index (χ3n) is 3.73. The normalized spacial score (nSPS) is 14.0. The molecule has 124 valence electrons. The summed E-state index contributed by atoms with van der Waals surface area (Å²) in [5.74, 6) is 1.66. The average Bonchev–Trinajstić information content (AvgIpc) is 3.27. The third-order valence-corrected chi connectivity index (χ3v) is 3.73. The van der Waals surface area contributed by atoms with Gasteiger partial charge in [-0.3, -0.25) is 9.89 Å². The molecule has 2 heterocycles. The number of rotatable bonds is 4. The van der Waals surface area contributed by atoms with Gasteiger partial charge in [0, 0.05) is 30.9 Å². The minimum Gasteiger partial charge on any atom is -0.352 e. The van der Waals surface area contributed by atoms with Crippen LogP contribution in [0.2, 0.25) is 0 Å². The lowest BCUT2D eigenvalue weighted by molar-refractivity contribution is 0.0953. The van der Waals surface area contributed by atoms with Crippen molar-refractivity contribution in [1.29, 1.82) is 0 Å². The highest BCUT2D eigenvalue weighted by Gasteiger charge is 2.19. The number of aromatic amines is 1. The molecule has 1 amide bonds. The molecule has 0 radical (unpaired) electrons. The Morgan fingerprint density at radius 2 is 2.00 bits per heavy atom. The van der Waals surface area contributed by atoms with Gasteiger partial charge in [-0.1, -0.05) is 26.7 Å². The van der Waals surface area contributed by atoms with Crippen LogP contribution in [0.15, 0.2) is 18.3 Å². The predicted octanol–water partition coefficient (Wildman–Crippen LogP) is 2.99. The molecule has 0 atom stereocenters. The van der Waals surface area contributed by atoms with Crippen LogP contribution >= 0.6 is 0 Å². The quantitative estimate of drug-likeness (QED) is 0.806. The van der Waals surface area contributed by atoms with Crippen LogP contribution in [0.4, 0.5) is 11.6 Å². The number of nitrogens with one attached hydrogen (secondary N) is 3. The molecule has 0 spiro atoms. The van der Waals surface area contributed by atoms with Crippen molar-refractivity contribution in [3.05, 3.63) is 29.8 Å². The van der Waals surface area contributed by atoms with E-state index in [0.717, 1.165) is 5.69 Å². The summed E-state index contributed by atoms with van der Waals surface area (Å²) in [7, 11) is 1.55. The van der Waals surface area contributed by atoms with Crippen molar-refractivity contribution >= 4 is 17.5 Å². The Hall–Kier alpha value is -2.44. The standard InChI is InChI=1S/C14H18N6O.C2H6/c1-15-14(21)13-16-7-6-11(18-13)17-12-8-10(19-20-12)9-4-2-3-5-9;1-2/h6-9H,2-5H2,1H3,(H,15,21)(H2,16,17,18,19,20);1-2H3. The van der Waals surface area contributed by atoms with Gasteiger partial charge in [0.05, 0.1) is 0 Å². The van der Waals surface area contributed by atoms with Crippen molar-refractivity contribution < 1.29 is 4.79 Å². The first-order valence-corrected chi connectivity index (χ1v) is 8.13. The fourth-order valence-corrected chi connectivity index (χ4v) is 2.63. The van der Waals surface area contributed by atoms with E-state index in [1.807, 2.05) is 19.9 Å². The van der Waals surface area contributed by atoms with E-state index in [4.69, 9.17) is 0 Å². The second-order valence-electron chi connectivity index (χ2n) is 5.16. The molecule has 3 rings (SSSR count). The average molecular weight is 316 g/mol. The molecule has 23 heavy (non-hydrogen) atoms. The molecular formula is C16H24N6O. The summed E-state index contributed by atoms with van der Waals surface area (Å²) in [6.45, 7) is 4.00. The van der Waals surface area contributed by atoms with Gasteiger partial charge in [-0.15, -0.1) is 0 Å². The van der Waals surface area contributed by atoms with Gasteiger partial charge in [0.15, 0.2) is 5.82 Å². The largest absolute Gasteiger partial charge is 0.352 e. The van der Waals surface area contributed by atoms with Gasteiger partial charge < -0.3 is 10.6 Å². The number of aromatic nitrogens is 4. The van der Waals surface area contributed by atoms with E-state index in [0.29, 0.717) is 17.6 Å². The summed E-state index contributed by atoms with van der Waals surface area (Å²) in [4.78, 5) is 19.6. The van der Waals surface area contributed by atoms with Gasteiger partial charge in [0.1, 0.15) is 5.82 Å². The van der Waals surface area contributed by atoms with Gasteiger partial charge in [-0.2, -0.15) is 5.10 Å². The maximum absolute atomic E-state index is 11.5. The topological polar surface area (TPSA) is 95.6 Å². The Morgan fingerprint density at radius 3 is 2.70 bits per heavy atom. The Morgan fingerprint density at radius 1 is 1.26 bits per heavy atom. The molecule has 2 aromatic rings. The van der Waals surface area contributed by atoms with Crippen molar-refractivity contribution in [2.45, 2.75) is 45.4 Å². The van der Waals surface area contributed by atoms with Crippen molar-refractivity contribution in [2.24, 2.45) is 0 Å². The molecule has 1 fully saturated rings. The molecule has 1 saturated carbocycles. The summed E-state index contributed by atoms with van der Waals surface area (Å²) in [5, 5.41) is 12.9. The SMILES string of the molecule is CC.CNC(=O)c1nccc(Nc2cc(C3CCCC3)[nH]n2)n1. The molecule has 0 unspecified atom stereocenters. The number of carbonyl (C=O) groups excluding carboxylic acids is 1. The second-order valence-corrected chi connectivity index (χ2v) is 5.16. The Balaban J connectivity index is 0.000000924. The van der Waals surface area contributed by atoms with E-state index in [1.54, 1.807) is 19.3 Å². The zero-order chi connectivity index (χ0) is 16.7. The van der Waals surface area contributed by atoms with Crippen LogP contribution in [0.25, 0.3) is 0 Å². The summed E-state index contributed by atoms with van der Waals surface area (Å²) < 4.78 is 0. The van der Waals surface area contributed by atoms with Crippen LogP contribution in [0.5, 0.6) is 0 Å². The predicted molar refractivity (Wildman–Crippen MR) is 89.8 cm³/mol. The number of carbonyl (C=O) groups is 1. The fraction of sp³-hybridized carbons (Fsp3) is 0.500. The summed E-state index contributed by atoms with van der Waals surface area (Å²) in [6.07, 6.45) is 6.55. The van der Waals surface area contributed by atoms with E-state index >= 15 is 0 Å². The van der Waals surface area contributed by atoms with Crippen LogP contribution in [0.1, 0.15) is 61.8 Å². The number of anilines is 2. The van der Waals surface area contributed by atoms with Crippen LogP contribution in [-0.4, -0.2) is 33.1 Å². The molecule has 0 aromatic carbocycles. The van der Waals surface area contributed by atoms with Gasteiger partial charge in [0.25, 0.3) is 5.91 Å². The third kappa shape index (κ3) is 4.28. The number of hydrogen-bond donors (Lipinski definition) is 3. The Labute approximate surface area is 136 Å². The molecule has 0 saturated heterocycles. The van der Waals surface area contributed by atoms with Crippen molar-refractivity contribution in [2.75, 3.05) is 12.4 Å². The van der Waals surface area contributed by atoms with Crippen LogP contribution < -0.4 is 10.6 Å². The summed E-state index contributed by atoms with van der Waals surface area (Å²) >= 11 is 0. The number of hydrogen-bond acceptors (Lipinski definition) is 5. The second kappa shape index (κ2) is 8.26. The first kappa shape index (κ1) is 16.9. The van der Waals surface area contributed by atoms with E-state index in [2.05, 4.69) is 30.8 Å². The van der Waals surface area contributed by atoms with Gasteiger partial charge in [0.2, 0.25) is 5.82 Å². The van der Waals surface area contributed by atoms with Crippen molar-refractivity contribution in [1.82, 2.24) is 25.5 Å². The zero-order valence-electron chi connectivity index (χ0n) is 13.9. The molecule has 3 N–H and O–H groups in total. The highest BCUT2D eigenvalue weighted by atomic mass is 16.2. The van der Waals surface area contributed by atoms with E-state index < -0.39 is 0 Å². The van der Waals surface area contributed by atoms with Crippen molar-refractivity contribution in [3.8, 4) is 0 Å². The monoisotopic (exact) mass is 316 g/mol. The molecule has 7 nitrogen and oxygen atoms in total. The molecular weight excluding hydrogens is 292 g/mol. The van der Waals surface area contributed by atoms with Crippen LogP contribution in [-0.2, 0) is 0 Å². The molecule has 7 heteroatoms. The van der Waals surface area contributed by atoms with Crippen molar-refractivity contribution in [3.63, 3.8) is 0 Å². The first-order chi connectivity index (χ1) is 11.3. The summed E-state index contributed by atoms with van der Waals surface area (Å²) in [5.41, 5.74) is 1.16. The van der Waals surface area contributed by atoms with Gasteiger partial charge in [-0.05, 0) is 18.9 Å². The Kier molecular flexibility index (Phi) is 6.08. The lowest BCUT2D eigenvalue weighted by Gasteiger charge is -2.04. The van der Waals surface area contributed by atoms with Gasteiger partial charge in [-0.25, -0.2) is 9.97 Å². The zero-order valence-corrected chi connectivity index (χ0v) is 13.9. The maximum atomic E-state index is 11.5.